The summed E-state index contributed by atoms with van der Waals surface area (Å²) in [6.07, 6.45) is 0. The van der Waals surface area contributed by atoms with Crippen LogP contribution in [0.4, 0.5) is 5.13 Å². The molecule has 4 nitrogen and oxygen atoms in total. The van der Waals surface area contributed by atoms with Crippen molar-refractivity contribution in [1.82, 2.24) is 14.9 Å². The number of benzene rings is 1. The highest BCUT2D eigenvalue weighted by atomic mass is 32.1. The number of hydrogen-bond donors (Lipinski definition) is 0. The SMILES string of the molecule is Cc1nc(C)c(CN2CCN(c3nc4ccccc4s3)CC2)s1. The van der Waals surface area contributed by atoms with E-state index in [1.54, 1.807) is 11.3 Å². The van der Waals surface area contributed by atoms with Gasteiger partial charge in [-0.05, 0) is 26.0 Å². The van der Waals surface area contributed by atoms with Gasteiger partial charge in [-0.3, -0.25) is 4.90 Å². The number of piperazine rings is 1. The topological polar surface area (TPSA) is 32.3 Å². The van der Waals surface area contributed by atoms with Crippen LogP contribution in [0, 0.1) is 13.8 Å². The third-order valence-electron chi connectivity index (χ3n) is 4.29. The Hall–Kier alpha value is -1.50. The van der Waals surface area contributed by atoms with Gasteiger partial charge in [0.15, 0.2) is 5.13 Å². The Balaban J connectivity index is 1.41. The molecule has 1 saturated heterocycles. The van der Waals surface area contributed by atoms with Crippen molar-refractivity contribution in [1.29, 1.82) is 0 Å². The third-order valence-corrected chi connectivity index (χ3v) is 6.45. The first-order chi connectivity index (χ1) is 11.2. The average Bonchev–Trinajstić information content (AvgIpc) is 3.11. The Morgan fingerprint density at radius 3 is 2.48 bits per heavy atom. The summed E-state index contributed by atoms with van der Waals surface area (Å²) < 4.78 is 1.28. The molecule has 0 radical (unpaired) electrons. The zero-order valence-corrected chi connectivity index (χ0v) is 15.1. The molecule has 0 saturated carbocycles. The highest BCUT2D eigenvalue weighted by Gasteiger charge is 2.21. The standard InChI is InChI=1S/C17H20N4S2/c1-12-16(22-13(2)18-12)11-20-7-9-21(10-8-20)17-19-14-5-3-4-6-15(14)23-17/h3-6H,7-11H2,1-2H3. The van der Waals surface area contributed by atoms with Crippen LogP contribution in [0.1, 0.15) is 15.6 Å². The Morgan fingerprint density at radius 2 is 1.78 bits per heavy atom. The van der Waals surface area contributed by atoms with Gasteiger partial charge in [-0.25, -0.2) is 9.97 Å². The second-order valence-corrected chi connectivity index (χ2v) is 8.27. The summed E-state index contributed by atoms with van der Waals surface area (Å²) in [5, 5.41) is 2.33. The van der Waals surface area contributed by atoms with E-state index in [4.69, 9.17) is 4.98 Å². The van der Waals surface area contributed by atoms with Crippen LogP contribution >= 0.6 is 22.7 Å². The van der Waals surface area contributed by atoms with E-state index in [1.165, 1.54) is 20.3 Å². The Kier molecular flexibility index (Phi) is 4.05. The second-order valence-electron chi connectivity index (χ2n) is 5.97. The molecule has 120 valence electrons. The van der Waals surface area contributed by atoms with E-state index in [-0.39, 0.29) is 0 Å². The fourth-order valence-corrected chi connectivity index (χ4v) is 5.01. The molecule has 3 heterocycles. The molecule has 6 heteroatoms. The first kappa shape index (κ1) is 15.1. The lowest BCUT2D eigenvalue weighted by Crippen LogP contribution is -2.45. The van der Waals surface area contributed by atoms with Gasteiger partial charge < -0.3 is 4.90 Å². The molecule has 0 bridgehead atoms. The summed E-state index contributed by atoms with van der Waals surface area (Å²) >= 11 is 3.63. The van der Waals surface area contributed by atoms with Crippen molar-refractivity contribution in [2.75, 3.05) is 31.1 Å². The minimum absolute atomic E-state index is 1.03. The molecule has 4 rings (SSSR count). The molecule has 3 aromatic rings. The lowest BCUT2D eigenvalue weighted by atomic mass is 10.3. The molecule has 0 atom stereocenters. The number of rotatable bonds is 3. The summed E-state index contributed by atoms with van der Waals surface area (Å²) in [6, 6.07) is 8.40. The molecule has 0 unspecified atom stereocenters. The first-order valence-electron chi connectivity index (χ1n) is 7.95. The van der Waals surface area contributed by atoms with E-state index >= 15 is 0 Å². The van der Waals surface area contributed by atoms with E-state index in [0.29, 0.717) is 0 Å². The van der Waals surface area contributed by atoms with Crippen molar-refractivity contribution in [3.8, 4) is 0 Å². The number of hydrogen-bond acceptors (Lipinski definition) is 6. The smallest absolute Gasteiger partial charge is 0.186 e. The highest BCUT2D eigenvalue weighted by Crippen LogP contribution is 2.29. The molecule has 2 aromatic heterocycles. The van der Waals surface area contributed by atoms with E-state index in [2.05, 4.69) is 52.9 Å². The lowest BCUT2D eigenvalue weighted by molar-refractivity contribution is 0.251. The third kappa shape index (κ3) is 3.11. The van der Waals surface area contributed by atoms with Gasteiger partial charge in [0.25, 0.3) is 0 Å². The van der Waals surface area contributed by atoms with Crippen LogP contribution in [0.25, 0.3) is 10.2 Å². The van der Waals surface area contributed by atoms with Crippen LogP contribution < -0.4 is 4.90 Å². The largest absolute Gasteiger partial charge is 0.345 e. The first-order valence-corrected chi connectivity index (χ1v) is 9.58. The minimum atomic E-state index is 1.03. The second kappa shape index (κ2) is 6.19. The predicted octanol–water partition coefficient (Wildman–Crippen LogP) is 3.69. The van der Waals surface area contributed by atoms with Crippen LogP contribution in [0.2, 0.25) is 0 Å². The van der Waals surface area contributed by atoms with Crippen molar-refractivity contribution < 1.29 is 0 Å². The van der Waals surface area contributed by atoms with E-state index in [1.807, 2.05) is 11.3 Å². The fraction of sp³-hybridized carbons (Fsp3) is 0.412. The Bertz CT molecular complexity index is 782. The van der Waals surface area contributed by atoms with Crippen LogP contribution in [-0.2, 0) is 6.54 Å². The predicted molar refractivity (Wildman–Crippen MR) is 98.7 cm³/mol. The zero-order chi connectivity index (χ0) is 15.8. The maximum Gasteiger partial charge on any atom is 0.186 e. The lowest BCUT2D eigenvalue weighted by Gasteiger charge is -2.34. The molecular weight excluding hydrogens is 324 g/mol. The summed E-state index contributed by atoms with van der Waals surface area (Å²) in [4.78, 5) is 15.7. The van der Waals surface area contributed by atoms with E-state index in [9.17, 15) is 0 Å². The Labute approximate surface area is 144 Å². The number of para-hydroxylation sites is 1. The van der Waals surface area contributed by atoms with Crippen molar-refractivity contribution in [3.05, 3.63) is 39.8 Å². The molecule has 0 spiro atoms. The molecule has 0 amide bonds. The Morgan fingerprint density at radius 1 is 1.00 bits per heavy atom. The molecule has 0 aliphatic carbocycles. The maximum atomic E-state index is 4.78. The molecule has 1 fully saturated rings. The van der Waals surface area contributed by atoms with Crippen LogP contribution in [0.3, 0.4) is 0 Å². The van der Waals surface area contributed by atoms with Gasteiger partial charge in [0, 0.05) is 37.6 Å². The number of thiazole rings is 2. The van der Waals surface area contributed by atoms with Gasteiger partial charge in [-0.1, -0.05) is 23.5 Å². The van der Waals surface area contributed by atoms with Crippen LogP contribution in [-0.4, -0.2) is 41.0 Å². The molecular formula is C17H20N4S2. The van der Waals surface area contributed by atoms with Gasteiger partial charge in [0.05, 0.1) is 20.9 Å². The zero-order valence-electron chi connectivity index (χ0n) is 13.5. The number of nitrogens with zero attached hydrogens (tertiary/aromatic N) is 4. The van der Waals surface area contributed by atoms with E-state index < -0.39 is 0 Å². The highest BCUT2D eigenvalue weighted by molar-refractivity contribution is 7.22. The monoisotopic (exact) mass is 344 g/mol. The average molecular weight is 345 g/mol. The molecule has 1 aliphatic heterocycles. The van der Waals surface area contributed by atoms with Crippen molar-refractivity contribution in [2.45, 2.75) is 20.4 Å². The van der Waals surface area contributed by atoms with Crippen LogP contribution in [0.15, 0.2) is 24.3 Å². The number of anilines is 1. The maximum absolute atomic E-state index is 4.78. The van der Waals surface area contributed by atoms with Gasteiger partial charge in [-0.15, -0.1) is 11.3 Å². The minimum Gasteiger partial charge on any atom is -0.345 e. The van der Waals surface area contributed by atoms with Crippen molar-refractivity contribution >= 4 is 38.0 Å². The summed E-state index contributed by atoms with van der Waals surface area (Å²) in [6.45, 7) is 9.53. The number of aryl methyl sites for hydroxylation is 2. The summed E-state index contributed by atoms with van der Waals surface area (Å²) in [7, 11) is 0. The summed E-state index contributed by atoms with van der Waals surface area (Å²) in [5.74, 6) is 0. The van der Waals surface area contributed by atoms with Gasteiger partial charge in [0.1, 0.15) is 0 Å². The van der Waals surface area contributed by atoms with Gasteiger partial charge in [-0.2, -0.15) is 0 Å². The number of aromatic nitrogens is 2. The van der Waals surface area contributed by atoms with Crippen molar-refractivity contribution in [2.24, 2.45) is 0 Å². The van der Waals surface area contributed by atoms with E-state index in [0.717, 1.165) is 43.4 Å². The van der Waals surface area contributed by atoms with Crippen LogP contribution in [0.5, 0.6) is 0 Å². The van der Waals surface area contributed by atoms with Gasteiger partial charge in [0.2, 0.25) is 0 Å². The molecule has 23 heavy (non-hydrogen) atoms. The quantitative estimate of drug-likeness (QED) is 0.725. The molecule has 1 aliphatic rings. The molecule has 0 N–H and O–H groups in total. The summed E-state index contributed by atoms with van der Waals surface area (Å²) in [5.41, 5.74) is 2.31. The van der Waals surface area contributed by atoms with Gasteiger partial charge >= 0.3 is 0 Å². The number of fused-ring (bicyclic) bond motifs is 1. The van der Waals surface area contributed by atoms with Crippen molar-refractivity contribution in [3.63, 3.8) is 0 Å². The fourth-order valence-electron chi connectivity index (χ4n) is 3.02. The normalized spacial score (nSPS) is 16.3. The molecule has 1 aromatic carbocycles.